The molecule has 0 aromatic heterocycles. The Balaban J connectivity index is 0.000000980. The fraction of sp³-hybridized carbons (Fsp3) is 0.600. The van der Waals surface area contributed by atoms with Gasteiger partial charge in [-0.2, -0.15) is 0 Å². The highest BCUT2D eigenvalue weighted by Gasteiger charge is 2.37. The van der Waals surface area contributed by atoms with E-state index in [1.54, 1.807) is 0 Å². The summed E-state index contributed by atoms with van der Waals surface area (Å²) in [6, 6.07) is -0.897. The van der Waals surface area contributed by atoms with Gasteiger partial charge in [-0.05, 0) is 10.8 Å². The van der Waals surface area contributed by atoms with E-state index in [1.807, 2.05) is 41.5 Å². The normalized spacial score (nSPS) is 16.2. The molecule has 22 heavy (non-hydrogen) atoms. The number of carbonyl (C=O) groups is 1. The molecule has 0 saturated heterocycles. The standard InChI is InChI=1S/C14H21NO3.CH5N3/c1-13(2,3)10-7-9(15(17)18)8-11(12(10)16)14(4,5)6;2-1(3)4/h7-9H,1-6H3;(H5,2,3,4)/p+1. The number of carbonyl (C=O) groups excluding carboxylic acids is 1. The first-order valence-electron chi connectivity index (χ1n) is 6.94. The van der Waals surface area contributed by atoms with Crippen LogP contribution in [0, 0.1) is 20.9 Å². The van der Waals surface area contributed by atoms with Crippen molar-refractivity contribution >= 4 is 11.7 Å². The van der Waals surface area contributed by atoms with Crippen LogP contribution >= 0.6 is 0 Å². The summed E-state index contributed by atoms with van der Waals surface area (Å²) in [6.07, 6.45) is 2.97. The molecule has 1 rings (SSSR count). The van der Waals surface area contributed by atoms with E-state index in [0.29, 0.717) is 11.1 Å². The van der Waals surface area contributed by atoms with E-state index < -0.39 is 6.04 Å². The van der Waals surface area contributed by atoms with Crippen LogP contribution in [0.4, 0.5) is 0 Å². The number of hydrogen-bond donors (Lipinski definition) is 3. The van der Waals surface area contributed by atoms with Gasteiger partial charge in [-0.15, -0.1) is 0 Å². The third-order valence-electron chi connectivity index (χ3n) is 3.02. The smallest absolute Gasteiger partial charge is 0.291 e. The zero-order valence-electron chi connectivity index (χ0n) is 14.1. The Morgan fingerprint density at radius 3 is 1.55 bits per heavy atom. The van der Waals surface area contributed by atoms with E-state index in [9.17, 15) is 14.9 Å². The van der Waals surface area contributed by atoms with Gasteiger partial charge < -0.3 is 0 Å². The minimum atomic E-state index is -0.897. The van der Waals surface area contributed by atoms with Gasteiger partial charge >= 0.3 is 5.96 Å². The van der Waals surface area contributed by atoms with Crippen molar-refractivity contribution in [3.05, 3.63) is 33.4 Å². The maximum Gasteiger partial charge on any atom is 0.336 e. The Bertz CT molecular complexity index is 496. The second kappa shape index (κ2) is 6.72. The molecule has 0 amide bonds. The molecule has 0 heterocycles. The Kier molecular flexibility index (Phi) is 6.05. The van der Waals surface area contributed by atoms with Gasteiger partial charge in [0.25, 0.3) is 6.04 Å². The predicted molar refractivity (Wildman–Crippen MR) is 86.2 cm³/mol. The first-order chi connectivity index (χ1) is 9.67. The molecule has 0 aliphatic heterocycles. The molecule has 1 aliphatic carbocycles. The van der Waals surface area contributed by atoms with Gasteiger partial charge in [-0.3, -0.25) is 31.8 Å². The Labute approximate surface area is 131 Å². The summed E-state index contributed by atoms with van der Waals surface area (Å²) in [6.45, 7) is 11.4. The van der Waals surface area contributed by atoms with Gasteiger partial charge in [-0.1, -0.05) is 41.5 Å². The predicted octanol–water partition coefficient (Wildman–Crippen LogP) is 0.178. The molecule has 0 aromatic carbocycles. The van der Waals surface area contributed by atoms with Crippen LogP contribution in [0.25, 0.3) is 0 Å². The number of nitro groups is 1. The van der Waals surface area contributed by atoms with Gasteiger partial charge in [0.05, 0.1) is 0 Å². The summed E-state index contributed by atoms with van der Waals surface area (Å²) in [5.74, 6) is -0.145. The number of guanidine groups is 1. The van der Waals surface area contributed by atoms with Crippen molar-refractivity contribution < 1.29 is 15.1 Å². The quantitative estimate of drug-likeness (QED) is 0.274. The van der Waals surface area contributed by atoms with E-state index in [1.165, 1.54) is 12.2 Å². The lowest BCUT2D eigenvalue weighted by Gasteiger charge is -2.31. The Morgan fingerprint density at radius 2 is 1.36 bits per heavy atom. The third-order valence-corrected chi connectivity index (χ3v) is 3.02. The molecule has 0 unspecified atom stereocenters. The molecular formula is C15H27N4O3+. The van der Waals surface area contributed by atoms with Crippen LogP contribution in [0.1, 0.15) is 41.5 Å². The van der Waals surface area contributed by atoms with Crippen LogP contribution in [0.5, 0.6) is 0 Å². The van der Waals surface area contributed by atoms with Crippen molar-refractivity contribution in [1.29, 1.82) is 0 Å². The van der Waals surface area contributed by atoms with Crippen LogP contribution in [0.2, 0.25) is 0 Å². The molecule has 124 valence electrons. The summed E-state index contributed by atoms with van der Waals surface area (Å²) in [5.41, 5.74) is 9.49. The number of nitrogens with zero attached hydrogens (tertiary/aromatic N) is 1. The number of nitrogens with two attached hydrogens (primary N) is 3. The maximum absolute atomic E-state index is 12.4. The lowest BCUT2D eigenvalue weighted by molar-refractivity contribution is -0.497. The monoisotopic (exact) mass is 311 g/mol. The summed E-state index contributed by atoms with van der Waals surface area (Å²) in [5, 5.41) is 15.6. The minimum absolute atomic E-state index is 0.0619. The number of Topliss-reactive ketones (excluding diaryl/α,β-unsaturated/α-hetero) is 1. The summed E-state index contributed by atoms with van der Waals surface area (Å²) >= 11 is 0. The lowest BCUT2D eigenvalue weighted by atomic mass is 9.72. The number of ketones is 1. The summed E-state index contributed by atoms with van der Waals surface area (Å²) < 4.78 is 0. The summed E-state index contributed by atoms with van der Waals surface area (Å²) in [7, 11) is 0. The van der Waals surface area contributed by atoms with Crippen LogP contribution in [0.15, 0.2) is 23.3 Å². The van der Waals surface area contributed by atoms with Gasteiger partial charge in [0, 0.05) is 28.2 Å². The molecule has 0 atom stereocenters. The molecule has 0 saturated carbocycles. The van der Waals surface area contributed by atoms with E-state index in [2.05, 4.69) is 16.9 Å². The molecule has 0 bridgehead atoms. The first-order valence-corrected chi connectivity index (χ1v) is 6.94. The van der Waals surface area contributed by atoms with Gasteiger partial charge in [0.2, 0.25) is 0 Å². The van der Waals surface area contributed by atoms with Gasteiger partial charge in [0.1, 0.15) is 0 Å². The summed E-state index contributed by atoms with van der Waals surface area (Å²) in [4.78, 5) is 23.1. The van der Waals surface area contributed by atoms with E-state index >= 15 is 0 Å². The van der Waals surface area contributed by atoms with Crippen LogP contribution in [0.3, 0.4) is 0 Å². The fourth-order valence-corrected chi connectivity index (χ4v) is 1.99. The van der Waals surface area contributed by atoms with E-state index in [-0.39, 0.29) is 27.5 Å². The Hall–Kier alpha value is -2.18. The fourth-order valence-electron chi connectivity index (χ4n) is 1.99. The van der Waals surface area contributed by atoms with Crippen molar-refractivity contribution in [2.45, 2.75) is 47.6 Å². The average molecular weight is 311 g/mol. The van der Waals surface area contributed by atoms with Crippen molar-refractivity contribution in [1.82, 2.24) is 0 Å². The van der Waals surface area contributed by atoms with E-state index in [4.69, 9.17) is 0 Å². The van der Waals surface area contributed by atoms with Crippen molar-refractivity contribution in [2.24, 2.45) is 22.3 Å². The molecule has 0 aromatic rings. The highest BCUT2D eigenvalue weighted by atomic mass is 16.6. The highest BCUT2D eigenvalue weighted by molar-refractivity contribution is 6.10. The second-order valence-corrected chi connectivity index (χ2v) is 7.27. The molecule has 7 nitrogen and oxygen atoms in total. The average Bonchev–Trinajstić information content (AvgIpc) is 2.24. The van der Waals surface area contributed by atoms with Crippen molar-refractivity contribution in [3.63, 3.8) is 0 Å². The number of hydrogen-bond acceptors (Lipinski definition) is 3. The van der Waals surface area contributed by atoms with Gasteiger partial charge in [-0.25, -0.2) is 0 Å². The first kappa shape index (κ1) is 19.8. The molecular weight excluding hydrogens is 284 g/mol. The number of rotatable bonds is 1. The molecule has 0 fully saturated rings. The lowest BCUT2D eigenvalue weighted by Crippen LogP contribution is -2.51. The van der Waals surface area contributed by atoms with E-state index in [0.717, 1.165) is 0 Å². The van der Waals surface area contributed by atoms with Crippen LogP contribution in [-0.2, 0) is 4.79 Å². The van der Waals surface area contributed by atoms with Crippen LogP contribution < -0.4 is 16.9 Å². The second-order valence-electron chi connectivity index (χ2n) is 7.27. The number of allylic oxidation sites excluding steroid dienone is 2. The van der Waals surface area contributed by atoms with Crippen molar-refractivity contribution in [2.75, 3.05) is 0 Å². The molecule has 0 radical (unpaired) electrons. The zero-order chi connectivity index (χ0) is 17.9. The minimum Gasteiger partial charge on any atom is -0.291 e. The van der Waals surface area contributed by atoms with Crippen molar-refractivity contribution in [3.8, 4) is 0 Å². The molecule has 0 spiro atoms. The maximum atomic E-state index is 12.4. The SMILES string of the molecule is CC(C)(C)C1=CC([N+](=O)[O-])C=C(C(C)(C)C)C1=O.NC(N)=[NH2+]. The molecule has 1 aliphatic rings. The highest BCUT2D eigenvalue weighted by Crippen LogP contribution is 2.37. The zero-order valence-corrected chi connectivity index (χ0v) is 14.1. The van der Waals surface area contributed by atoms with Gasteiger partial charge in [0.15, 0.2) is 5.78 Å². The molecule has 7 heteroatoms. The van der Waals surface area contributed by atoms with Crippen LogP contribution in [-0.4, -0.2) is 22.7 Å². The Morgan fingerprint density at radius 1 is 1.09 bits per heavy atom. The third kappa shape index (κ3) is 5.67. The molecule has 6 N–H and O–H groups in total. The topological polar surface area (TPSA) is 138 Å². The largest absolute Gasteiger partial charge is 0.336 e.